The van der Waals surface area contributed by atoms with Crippen molar-refractivity contribution in [1.82, 2.24) is 16.0 Å². The highest BCUT2D eigenvalue weighted by molar-refractivity contribution is 7.80. The van der Waals surface area contributed by atoms with Gasteiger partial charge in [-0.15, -0.1) is 0 Å². The summed E-state index contributed by atoms with van der Waals surface area (Å²) in [7, 11) is 1.67. The highest BCUT2D eigenvalue weighted by Crippen LogP contribution is 2.44. The fraction of sp³-hybridized carbons (Fsp3) is 0.783. The summed E-state index contributed by atoms with van der Waals surface area (Å²) < 4.78 is 6.13. The topological polar surface area (TPSA) is 79.5 Å². The van der Waals surface area contributed by atoms with Crippen LogP contribution in [0.4, 0.5) is 0 Å². The molecule has 0 aromatic carbocycles. The Hall–Kier alpha value is -1.47. The summed E-state index contributed by atoms with van der Waals surface area (Å²) in [5.74, 6) is 0.915. The first-order valence-corrected chi connectivity index (χ1v) is 12.0. The lowest BCUT2D eigenvalue weighted by atomic mass is 9.77. The lowest BCUT2D eigenvalue weighted by Gasteiger charge is -2.27. The number of hydrogen-bond acceptors (Lipinski definition) is 4. The summed E-state index contributed by atoms with van der Waals surface area (Å²) in [6.45, 7) is 3.67. The molecule has 0 aromatic rings. The van der Waals surface area contributed by atoms with E-state index in [0.29, 0.717) is 35.9 Å². The first-order chi connectivity index (χ1) is 14.5. The molecule has 2 aliphatic heterocycles. The van der Waals surface area contributed by atoms with Crippen molar-refractivity contribution in [3.63, 3.8) is 0 Å². The number of allylic oxidation sites excluding steroid dienone is 2. The molecule has 6 nitrogen and oxygen atoms in total. The lowest BCUT2D eigenvalue weighted by Crippen LogP contribution is -2.39. The summed E-state index contributed by atoms with van der Waals surface area (Å²) >= 11 is 5.29. The van der Waals surface area contributed by atoms with E-state index in [9.17, 15) is 9.59 Å². The Bertz CT molecular complexity index is 596. The minimum absolute atomic E-state index is 0.00532. The molecule has 0 aliphatic carbocycles. The maximum absolute atomic E-state index is 12.3. The summed E-state index contributed by atoms with van der Waals surface area (Å²) in [5.41, 5.74) is 0. The van der Waals surface area contributed by atoms with Gasteiger partial charge in [-0.2, -0.15) is 0 Å². The standard InChI is InChI=1S/C23H39N3O3S/c1-3-4-9-14-25-23(30)15-22(28)26-16-18-17(19-12-13-20(18)29-19)10-7-5-6-8-11-21(27)24-2/h5,7,17-20H,3-4,6,8-16H2,1-2H3,(H,24,27)(H,25,30)(H,26,28)/b7-5-/t17-,18+,19-,20+/m1/s1. The third-order valence-electron chi connectivity index (χ3n) is 6.18. The van der Waals surface area contributed by atoms with Gasteiger partial charge >= 0.3 is 0 Å². The number of nitrogens with one attached hydrogen (secondary N) is 3. The zero-order chi connectivity index (χ0) is 21.8. The average Bonchev–Trinajstić information content (AvgIpc) is 3.33. The van der Waals surface area contributed by atoms with Crippen molar-refractivity contribution in [1.29, 1.82) is 0 Å². The molecule has 4 atom stereocenters. The first-order valence-electron chi connectivity index (χ1n) is 11.6. The number of carbonyl (C=O) groups is 2. The second kappa shape index (κ2) is 13.8. The van der Waals surface area contributed by atoms with E-state index >= 15 is 0 Å². The van der Waals surface area contributed by atoms with E-state index < -0.39 is 0 Å². The van der Waals surface area contributed by atoms with Crippen LogP contribution >= 0.6 is 12.2 Å². The van der Waals surface area contributed by atoms with Crippen molar-refractivity contribution in [2.45, 2.75) is 83.3 Å². The highest BCUT2D eigenvalue weighted by atomic mass is 32.1. The Morgan fingerprint density at radius 2 is 1.80 bits per heavy atom. The Balaban J connectivity index is 1.68. The van der Waals surface area contributed by atoms with E-state index in [-0.39, 0.29) is 24.3 Å². The van der Waals surface area contributed by atoms with Crippen LogP contribution in [0.25, 0.3) is 0 Å². The number of hydrogen-bond donors (Lipinski definition) is 3. The fourth-order valence-electron chi connectivity index (χ4n) is 4.46. The van der Waals surface area contributed by atoms with Crippen molar-refractivity contribution in [2.24, 2.45) is 11.8 Å². The Kier molecular flexibility index (Phi) is 11.4. The molecular formula is C23H39N3O3S. The van der Waals surface area contributed by atoms with E-state index in [0.717, 1.165) is 45.1 Å². The Morgan fingerprint density at radius 1 is 1.03 bits per heavy atom. The van der Waals surface area contributed by atoms with Crippen molar-refractivity contribution in [3.05, 3.63) is 12.2 Å². The zero-order valence-corrected chi connectivity index (χ0v) is 19.4. The Labute approximate surface area is 187 Å². The van der Waals surface area contributed by atoms with Gasteiger partial charge in [0, 0.05) is 32.5 Å². The molecule has 3 N–H and O–H groups in total. The van der Waals surface area contributed by atoms with E-state index in [4.69, 9.17) is 17.0 Å². The molecule has 0 saturated carbocycles. The summed E-state index contributed by atoms with van der Waals surface area (Å²) in [5, 5.41) is 8.91. The molecule has 0 spiro atoms. The Morgan fingerprint density at radius 3 is 2.53 bits per heavy atom. The summed E-state index contributed by atoms with van der Waals surface area (Å²) in [4.78, 5) is 24.2. The number of fused-ring (bicyclic) bond motifs is 2. The molecule has 7 heteroatoms. The van der Waals surface area contributed by atoms with Crippen LogP contribution in [0.1, 0.15) is 71.1 Å². The molecule has 2 heterocycles. The maximum Gasteiger partial charge on any atom is 0.226 e. The van der Waals surface area contributed by atoms with Crippen LogP contribution in [0, 0.1) is 11.8 Å². The predicted molar refractivity (Wildman–Crippen MR) is 124 cm³/mol. The quantitative estimate of drug-likeness (QED) is 0.221. The van der Waals surface area contributed by atoms with Gasteiger partial charge in [0.2, 0.25) is 11.8 Å². The van der Waals surface area contributed by atoms with Crippen molar-refractivity contribution >= 4 is 29.0 Å². The second-order valence-corrected chi connectivity index (χ2v) is 8.92. The van der Waals surface area contributed by atoms with Crippen molar-refractivity contribution in [3.8, 4) is 0 Å². The van der Waals surface area contributed by atoms with Crippen LogP contribution in [0.2, 0.25) is 0 Å². The van der Waals surface area contributed by atoms with Gasteiger partial charge in [0.1, 0.15) is 0 Å². The van der Waals surface area contributed by atoms with Gasteiger partial charge < -0.3 is 20.7 Å². The number of ether oxygens (including phenoxy) is 1. The van der Waals surface area contributed by atoms with Crippen LogP contribution in [-0.4, -0.2) is 49.1 Å². The molecule has 2 aliphatic rings. The van der Waals surface area contributed by atoms with Gasteiger partial charge in [-0.25, -0.2) is 0 Å². The van der Waals surface area contributed by atoms with Crippen LogP contribution < -0.4 is 16.0 Å². The van der Waals surface area contributed by atoms with Crippen LogP contribution in [-0.2, 0) is 14.3 Å². The summed E-state index contributed by atoms with van der Waals surface area (Å²) in [6, 6.07) is 0. The molecular weight excluding hydrogens is 398 g/mol. The molecule has 170 valence electrons. The number of thiocarbonyl (C=S) groups is 1. The molecule has 2 bridgehead atoms. The smallest absolute Gasteiger partial charge is 0.226 e. The van der Waals surface area contributed by atoms with Crippen molar-refractivity contribution < 1.29 is 14.3 Å². The van der Waals surface area contributed by atoms with Gasteiger partial charge in [0.15, 0.2) is 0 Å². The number of rotatable bonds is 14. The third kappa shape index (κ3) is 8.34. The van der Waals surface area contributed by atoms with E-state index in [1.807, 2.05) is 0 Å². The van der Waals surface area contributed by atoms with E-state index in [2.05, 4.69) is 35.0 Å². The van der Waals surface area contributed by atoms with Gasteiger partial charge in [-0.3, -0.25) is 9.59 Å². The molecule has 0 radical (unpaired) electrons. The molecule has 2 amide bonds. The first kappa shape index (κ1) is 24.8. The second-order valence-electron chi connectivity index (χ2n) is 8.43. The number of carbonyl (C=O) groups excluding carboxylic acids is 2. The van der Waals surface area contributed by atoms with Crippen LogP contribution in [0.3, 0.4) is 0 Å². The number of unbranched alkanes of at least 4 members (excludes halogenated alkanes) is 3. The lowest BCUT2D eigenvalue weighted by molar-refractivity contribution is -0.121. The molecule has 0 unspecified atom stereocenters. The van der Waals surface area contributed by atoms with E-state index in [1.54, 1.807) is 7.05 Å². The SMILES string of the molecule is CCCCCNC(=S)CC(=O)NC[C@H]1[C@@H](C/C=C\CCCC(=O)NC)[C@H]2CC[C@@H]1O2. The van der Waals surface area contributed by atoms with Gasteiger partial charge in [-0.1, -0.05) is 44.1 Å². The van der Waals surface area contributed by atoms with Gasteiger partial charge in [0.05, 0.1) is 23.6 Å². The minimum Gasteiger partial charge on any atom is -0.379 e. The third-order valence-corrected chi connectivity index (χ3v) is 6.47. The molecule has 30 heavy (non-hydrogen) atoms. The molecule has 2 rings (SSSR count). The normalized spacial score (nSPS) is 24.9. The maximum atomic E-state index is 12.3. The van der Waals surface area contributed by atoms with Crippen LogP contribution in [0.5, 0.6) is 0 Å². The highest BCUT2D eigenvalue weighted by Gasteiger charge is 2.47. The molecule has 2 saturated heterocycles. The average molecular weight is 438 g/mol. The largest absolute Gasteiger partial charge is 0.379 e. The van der Waals surface area contributed by atoms with Gasteiger partial charge in [0.25, 0.3) is 0 Å². The molecule has 0 aromatic heterocycles. The van der Waals surface area contributed by atoms with Crippen molar-refractivity contribution in [2.75, 3.05) is 20.1 Å². The van der Waals surface area contributed by atoms with Gasteiger partial charge in [-0.05, 0) is 44.4 Å². The molecule has 2 fully saturated rings. The van der Waals surface area contributed by atoms with E-state index in [1.165, 1.54) is 12.8 Å². The predicted octanol–water partition coefficient (Wildman–Crippen LogP) is 3.26. The fourth-order valence-corrected chi connectivity index (χ4v) is 4.70. The van der Waals surface area contributed by atoms with Crippen LogP contribution in [0.15, 0.2) is 12.2 Å². The number of amides is 2. The monoisotopic (exact) mass is 437 g/mol. The summed E-state index contributed by atoms with van der Waals surface area (Å²) in [6.07, 6.45) is 14.2. The minimum atomic E-state index is -0.00532. The zero-order valence-electron chi connectivity index (χ0n) is 18.6.